The lowest BCUT2D eigenvalue weighted by molar-refractivity contribution is -0.146. The SMILES string of the molecule is COC(=O)c1ccc(COC(=O)CCN2C(=O)NC3(CCCCC3)C2=O)o1. The van der Waals surface area contributed by atoms with Gasteiger partial charge in [0.05, 0.1) is 13.5 Å². The monoisotopic (exact) mass is 378 g/mol. The highest BCUT2D eigenvalue weighted by molar-refractivity contribution is 6.07. The molecule has 0 bridgehead atoms. The molecule has 1 N–H and O–H groups in total. The van der Waals surface area contributed by atoms with Crippen LogP contribution in [0.4, 0.5) is 4.79 Å². The van der Waals surface area contributed by atoms with Gasteiger partial charge in [-0.3, -0.25) is 14.5 Å². The molecule has 3 rings (SSSR count). The van der Waals surface area contributed by atoms with Crippen LogP contribution in [-0.4, -0.2) is 48.0 Å². The summed E-state index contributed by atoms with van der Waals surface area (Å²) in [6, 6.07) is 2.47. The second-order valence-electron chi connectivity index (χ2n) is 6.70. The molecule has 0 unspecified atom stereocenters. The van der Waals surface area contributed by atoms with Crippen molar-refractivity contribution in [3.8, 4) is 0 Å². The molecule has 146 valence electrons. The van der Waals surface area contributed by atoms with Crippen LogP contribution in [0.25, 0.3) is 0 Å². The van der Waals surface area contributed by atoms with Crippen molar-refractivity contribution >= 4 is 23.9 Å². The van der Waals surface area contributed by atoms with Crippen LogP contribution in [0.1, 0.15) is 54.8 Å². The fraction of sp³-hybridized carbons (Fsp3) is 0.556. The van der Waals surface area contributed by atoms with E-state index in [2.05, 4.69) is 10.1 Å². The van der Waals surface area contributed by atoms with E-state index in [1.807, 2.05) is 0 Å². The number of furan rings is 1. The van der Waals surface area contributed by atoms with Crippen LogP contribution in [0.5, 0.6) is 0 Å². The smallest absolute Gasteiger partial charge is 0.373 e. The zero-order chi connectivity index (χ0) is 19.4. The first-order valence-corrected chi connectivity index (χ1v) is 8.92. The number of carbonyl (C=O) groups is 4. The van der Waals surface area contributed by atoms with Gasteiger partial charge in [0.1, 0.15) is 17.9 Å². The molecule has 1 aromatic heterocycles. The highest BCUT2D eigenvalue weighted by atomic mass is 16.5. The van der Waals surface area contributed by atoms with Crippen LogP contribution in [0, 0.1) is 0 Å². The largest absolute Gasteiger partial charge is 0.463 e. The van der Waals surface area contributed by atoms with Crippen LogP contribution in [-0.2, 0) is 25.7 Å². The number of ether oxygens (including phenoxy) is 2. The maximum absolute atomic E-state index is 12.6. The lowest BCUT2D eigenvalue weighted by atomic mass is 9.82. The summed E-state index contributed by atoms with van der Waals surface area (Å²) in [5, 5.41) is 2.80. The maximum atomic E-state index is 12.6. The molecule has 1 saturated carbocycles. The fourth-order valence-electron chi connectivity index (χ4n) is 3.47. The van der Waals surface area contributed by atoms with Gasteiger partial charge in [-0.25, -0.2) is 9.59 Å². The van der Waals surface area contributed by atoms with E-state index in [0.29, 0.717) is 18.6 Å². The van der Waals surface area contributed by atoms with Gasteiger partial charge in [0.2, 0.25) is 5.76 Å². The summed E-state index contributed by atoms with van der Waals surface area (Å²) in [5.41, 5.74) is -0.794. The quantitative estimate of drug-likeness (QED) is 0.592. The normalized spacial score (nSPS) is 18.5. The zero-order valence-corrected chi connectivity index (χ0v) is 15.1. The van der Waals surface area contributed by atoms with Gasteiger partial charge in [0, 0.05) is 6.54 Å². The number of carbonyl (C=O) groups excluding carboxylic acids is 4. The predicted octanol–water partition coefficient (Wildman–Crippen LogP) is 1.75. The van der Waals surface area contributed by atoms with Crippen molar-refractivity contribution in [3.05, 3.63) is 23.7 Å². The standard InChI is InChI=1S/C18H22N2O7/c1-25-15(22)13-6-5-12(27-13)11-26-14(21)7-10-20-16(23)18(19-17(20)24)8-3-2-4-9-18/h5-6H,2-4,7-11H2,1H3,(H,19,24). The van der Waals surface area contributed by atoms with E-state index in [1.54, 1.807) is 0 Å². The van der Waals surface area contributed by atoms with Gasteiger partial charge in [-0.05, 0) is 25.0 Å². The summed E-state index contributed by atoms with van der Waals surface area (Å²) in [7, 11) is 1.23. The predicted molar refractivity (Wildman–Crippen MR) is 90.5 cm³/mol. The zero-order valence-electron chi connectivity index (χ0n) is 15.1. The molecule has 0 aromatic carbocycles. The first kappa shape index (κ1) is 18.9. The van der Waals surface area contributed by atoms with Gasteiger partial charge < -0.3 is 19.2 Å². The molecule has 1 saturated heterocycles. The Morgan fingerprint density at radius 2 is 1.96 bits per heavy atom. The molecule has 2 heterocycles. The molecule has 3 amide bonds. The average molecular weight is 378 g/mol. The van der Waals surface area contributed by atoms with Crippen LogP contribution in [0.15, 0.2) is 16.5 Å². The number of amides is 3. The lowest BCUT2D eigenvalue weighted by Gasteiger charge is -2.30. The molecule has 1 aliphatic heterocycles. The number of rotatable bonds is 6. The summed E-state index contributed by atoms with van der Waals surface area (Å²) in [6.07, 6.45) is 4.03. The number of esters is 2. The maximum Gasteiger partial charge on any atom is 0.373 e. The minimum Gasteiger partial charge on any atom is -0.463 e. The van der Waals surface area contributed by atoms with Gasteiger partial charge in [0.25, 0.3) is 5.91 Å². The van der Waals surface area contributed by atoms with Crippen molar-refractivity contribution in [1.29, 1.82) is 0 Å². The molecule has 9 nitrogen and oxygen atoms in total. The number of methoxy groups -OCH3 is 1. The molecule has 1 aliphatic carbocycles. The van der Waals surface area contributed by atoms with Gasteiger partial charge in [-0.1, -0.05) is 19.3 Å². The minimum absolute atomic E-state index is 0.0145. The van der Waals surface area contributed by atoms with E-state index in [0.717, 1.165) is 24.2 Å². The molecule has 0 radical (unpaired) electrons. The molecular formula is C18H22N2O7. The number of imide groups is 1. The molecule has 0 atom stereocenters. The number of nitrogens with one attached hydrogen (secondary N) is 1. The Hall–Kier alpha value is -2.84. The third kappa shape index (κ3) is 3.96. The van der Waals surface area contributed by atoms with E-state index in [-0.39, 0.29) is 31.2 Å². The van der Waals surface area contributed by atoms with Crippen LogP contribution < -0.4 is 5.32 Å². The van der Waals surface area contributed by atoms with Crippen LogP contribution >= 0.6 is 0 Å². The Kier molecular flexibility index (Phi) is 5.48. The van der Waals surface area contributed by atoms with E-state index in [9.17, 15) is 19.2 Å². The number of urea groups is 1. The first-order chi connectivity index (χ1) is 12.9. The van der Waals surface area contributed by atoms with Gasteiger partial charge in [-0.15, -0.1) is 0 Å². The Labute approximate surface area is 156 Å². The Balaban J connectivity index is 1.47. The summed E-state index contributed by atoms with van der Waals surface area (Å²) in [5.74, 6) is -1.15. The van der Waals surface area contributed by atoms with E-state index in [1.165, 1.54) is 19.2 Å². The molecule has 2 aliphatic rings. The molecule has 1 spiro atoms. The highest BCUT2D eigenvalue weighted by Gasteiger charge is 2.51. The first-order valence-electron chi connectivity index (χ1n) is 8.92. The van der Waals surface area contributed by atoms with E-state index in [4.69, 9.17) is 9.15 Å². The van der Waals surface area contributed by atoms with Crippen molar-refractivity contribution in [1.82, 2.24) is 10.2 Å². The molecular weight excluding hydrogens is 356 g/mol. The Morgan fingerprint density at radius 1 is 1.22 bits per heavy atom. The van der Waals surface area contributed by atoms with Crippen molar-refractivity contribution in [2.75, 3.05) is 13.7 Å². The molecule has 1 aromatic rings. The topological polar surface area (TPSA) is 115 Å². The Morgan fingerprint density at radius 3 is 2.67 bits per heavy atom. The van der Waals surface area contributed by atoms with Crippen molar-refractivity contribution in [2.45, 2.75) is 50.7 Å². The molecule has 27 heavy (non-hydrogen) atoms. The lowest BCUT2D eigenvalue weighted by Crippen LogP contribution is -2.48. The summed E-state index contributed by atoms with van der Waals surface area (Å²) < 4.78 is 14.8. The van der Waals surface area contributed by atoms with E-state index < -0.39 is 23.5 Å². The third-order valence-electron chi connectivity index (χ3n) is 4.92. The van der Waals surface area contributed by atoms with Crippen molar-refractivity contribution in [2.24, 2.45) is 0 Å². The third-order valence-corrected chi connectivity index (χ3v) is 4.92. The highest BCUT2D eigenvalue weighted by Crippen LogP contribution is 2.33. The average Bonchev–Trinajstić information content (AvgIpc) is 3.23. The number of hydrogen-bond donors (Lipinski definition) is 1. The molecule has 9 heteroatoms. The van der Waals surface area contributed by atoms with Crippen molar-refractivity contribution < 1.29 is 33.1 Å². The fourth-order valence-corrected chi connectivity index (χ4v) is 3.47. The second kappa shape index (κ2) is 7.81. The summed E-state index contributed by atoms with van der Waals surface area (Å²) >= 11 is 0. The number of nitrogens with zero attached hydrogens (tertiary/aromatic N) is 1. The van der Waals surface area contributed by atoms with Crippen LogP contribution in [0.2, 0.25) is 0 Å². The van der Waals surface area contributed by atoms with Crippen molar-refractivity contribution in [3.63, 3.8) is 0 Å². The minimum atomic E-state index is -0.794. The van der Waals surface area contributed by atoms with Crippen LogP contribution in [0.3, 0.4) is 0 Å². The summed E-state index contributed by atoms with van der Waals surface area (Å²) in [4.78, 5) is 49.1. The number of hydrogen-bond acceptors (Lipinski definition) is 7. The Bertz CT molecular complexity index is 749. The van der Waals surface area contributed by atoms with E-state index >= 15 is 0 Å². The van der Waals surface area contributed by atoms with Gasteiger partial charge in [0.15, 0.2) is 0 Å². The second-order valence-corrected chi connectivity index (χ2v) is 6.70. The van der Waals surface area contributed by atoms with Gasteiger partial charge >= 0.3 is 18.0 Å². The van der Waals surface area contributed by atoms with Gasteiger partial charge in [-0.2, -0.15) is 0 Å². The molecule has 2 fully saturated rings. The summed E-state index contributed by atoms with van der Waals surface area (Å²) in [6.45, 7) is -0.184.